The summed E-state index contributed by atoms with van der Waals surface area (Å²) < 4.78 is 18.9. The molecule has 0 atom stereocenters. The van der Waals surface area contributed by atoms with Crippen LogP contribution in [0, 0.1) is 19.7 Å². The first-order chi connectivity index (χ1) is 8.60. The Kier molecular flexibility index (Phi) is 3.63. The Morgan fingerprint density at radius 1 is 1.00 bits per heavy atom. The molecule has 2 nitrogen and oxygen atoms in total. The number of hydrogen-bond acceptors (Lipinski definition) is 2. The molecule has 0 bridgehead atoms. The number of rotatable bonds is 3. The molecule has 0 aliphatic carbocycles. The van der Waals surface area contributed by atoms with Gasteiger partial charge in [-0.2, -0.15) is 0 Å². The van der Waals surface area contributed by atoms with Gasteiger partial charge in [-0.25, -0.2) is 4.39 Å². The average Bonchev–Trinajstić information content (AvgIpc) is 2.36. The zero-order chi connectivity index (χ0) is 13.1. The van der Waals surface area contributed by atoms with Gasteiger partial charge < -0.3 is 9.84 Å². The highest BCUT2D eigenvalue weighted by Crippen LogP contribution is 2.28. The van der Waals surface area contributed by atoms with Crippen LogP contribution >= 0.6 is 0 Å². The van der Waals surface area contributed by atoms with Gasteiger partial charge >= 0.3 is 0 Å². The molecule has 0 unspecified atom stereocenters. The second kappa shape index (κ2) is 5.19. The summed E-state index contributed by atoms with van der Waals surface area (Å²) in [5, 5.41) is 9.03. The minimum Gasteiger partial charge on any atom is -0.457 e. The molecule has 0 aromatic heterocycles. The SMILES string of the molecule is Cc1cc(CO)ccc1Oc1cc(F)ccc1C. The largest absolute Gasteiger partial charge is 0.457 e. The van der Waals surface area contributed by atoms with Crippen LogP contribution in [0.15, 0.2) is 36.4 Å². The quantitative estimate of drug-likeness (QED) is 0.894. The van der Waals surface area contributed by atoms with Crippen LogP contribution in [0.25, 0.3) is 0 Å². The molecule has 0 heterocycles. The highest BCUT2D eigenvalue weighted by Gasteiger charge is 2.06. The summed E-state index contributed by atoms with van der Waals surface area (Å²) in [6, 6.07) is 9.88. The van der Waals surface area contributed by atoms with Crippen molar-refractivity contribution in [2.24, 2.45) is 0 Å². The van der Waals surface area contributed by atoms with E-state index in [4.69, 9.17) is 9.84 Å². The van der Waals surface area contributed by atoms with E-state index in [1.807, 2.05) is 19.9 Å². The Balaban J connectivity index is 2.31. The number of benzene rings is 2. The van der Waals surface area contributed by atoms with Crippen LogP contribution in [0.2, 0.25) is 0 Å². The summed E-state index contributed by atoms with van der Waals surface area (Å²) in [5.74, 6) is 0.857. The molecule has 0 amide bonds. The highest BCUT2D eigenvalue weighted by atomic mass is 19.1. The molecule has 3 heteroatoms. The maximum Gasteiger partial charge on any atom is 0.133 e. The summed E-state index contributed by atoms with van der Waals surface area (Å²) in [7, 11) is 0. The molecule has 2 aromatic carbocycles. The molecule has 18 heavy (non-hydrogen) atoms. The van der Waals surface area contributed by atoms with Crippen LogP contribution in [-0.4, -0.2) is 5.11 Å². The topological polar surface area (TPSA) is 29.5 Å². The zero-order valence-corrected chi connectivity index (χ0v) is 10.4. The minimum atomic E-state index is -0.319. The summed E-state index contributed by atoms with van der Waals surface area (Å²) in [6.45, 7) is 3.76. The van der Waals surface area contributed by atoms with E-state index < -0.39 is 0 Å². The van der Waals surface area contributed by atoms with E-state index in [2.05, 4.69) is 0 Å². The number of aliphatic hydroxyl groups excluding tert-OH is 1. The van der Waals surface area contributed by atoms with Gasteiger partial charge in [0.25, 0.3) is 0 Å². The standard InChI is InChI=1S/C15H15FO2/c1-10-3-5-13(16)8-15(10)18-14-6-4-12(9-17)7-11(14)2/h3-8,17H,9H2,1-2H3. The monoisotopic (exact) mass is 246 g/mol. The van der Waals surface area contributed by atoms with Crippen molar-refractivity contribution in [1.82, 2.24) is 0 Å². The van der Waals surface area contributed by atoms with Crippen molar-refractivity contribution < 1.29 is 14.2 Å². The Morgan fingerprint density at radius 3 is 2.44 bits per heavy atom. The minimum absolute atomic E-state index is 0.000112. The summed E-state index contributed by atoms with van der Waals surface area (Å²) in [6.07, 6.45) is 0. The van der Waals surface area contributed by atoms with Gasteiger partial charge in [-0.1, -0.05) is 18.2 Å². The fraction of sp³-hybridized carbons (Fsp3) is 0.200. The van der Waals surface area contributed by atoms with E-state index in [0.29, 0.717) is 11.5 Å². The van der Waals surface area contributed by atoms with E-state index in [1.54, 1.807) is 18.2 Å². The first-order valence-corrected chi connectivity index (χ1v) is 5.74. The average molecular weight is 246 g/mol. The Labute approximate surface area is 106 Å². The summed E-state index contributed by atoms with van der Waals surface area (Å²) in [4.78, 5) is 0. The summed E-state index contributed by atoms with van der Waals surface area (Å²) in [5.41, 5.74) is 2.61. The van der Waals surface area contributed by atoms with Gasteiger partial charge in [0.15, 0.2) is 0 Å². The predicted molar refractivity (Wildman–Crippen MR) is 68.3 cm³/mol. The maximum atomic E-state index is 13.2. The van der Waals surface area contributed by atoms with Gasteiger partial charge in [0.2, 0.25) is 0 Å². The van der Waals surface area contributed by atoms with Crippen LogP contribution in [0.3, 0.4) is 0 Å². The molecule has 0 radical (unpaired) electrons. The Hall–Kier alpha value is -1.87. The van der Waals surface area contributed by atoms with Crippen LogP contribution in [0.4, 0.5) is 4.39 Å². The van der Waals surface area contributed by atoms with Crippen molar-refractivity contribution >= 4 is 0 Å². The number of aliphatic hydroxyl groups is 1. The molecular formula is C15H15FO2. The molecule has 0 saturated heterocycles. The fourth-order valence-electron chi connectivity index (χ4n) is 1.73. The van der Waals surface area contributed by atoms with Crippen molar-refractivity contribution in [2.45, 2.75) is 20.5 Å². The Bertz CT molecular complexity index is 564. The lowest BCUT2D eigenvalue weighted by Gasteiger charge is -2.11. The Morgan fingerprint density at radius 2 is 1.78 bits per heavy atom. The predicted octanol–water partition coefficient (Wildman–Crippen LogP) is 3.73. The molecule has 2 aromatic rings. The van der Waals surface area contributed by atoms with Crippen LogP contribution < -0.4 is 4.74 Å². The van der Waals surface area contributed by atoms with Gasteiger partial charge in [-0.05, 0) is 42.7 Å². The molecule has 2 rings (SSSR count). The lowest BCUT2D eigenvalue weighted by molar-refractivity contribution is 0.281. The molecule has 0 saturated carbocycles. The third kappa shape index (κ3) is 2.68. The van der Waals surface area contributed by atoms with Gasteiger partial charge in [-0.15, -0.1) is 0 Å². The van der Waals surface area contributed by atoms with E-state index >= 15 is 0 Å². The second-order valence-electron chi connectivity index (χ2n) is 4.27. The highest BCUT2D eigenvalue weighted by molar-refractivity contribution is 5.42. The molecule has 0 aliphatic heterocycles. The third-order valence-electron chi connectivity index (χ3n) is 2.79. The normalized spacial score (nSPS) is 10.4. The van der Waals surface area contributed by atoms with Crippen LogP contribution in [0.1, 0.15) is 16.7 Å². The summed E-state index contributed by atoms with van der Waals surface area (Å²) >= 11 is 0. The fourth-order valence-corrected chi connectivity index (χ4v) is 1.73. The zero-order valence-electron chi connectivity index (χ0n) is 10.4. The van der Waals surface area contributed by atoms with Gasteiger partial charge in [-0.3, -0.25) is 0 Å². The maximum absolute atomic E-state index is 13.2. The molecule has 0 fully saturated rings. The van der Waals surface area contributed by atoms with Crippen molar-refractivity contribution in [3.63, 3.8) is 0 Å². The van der Waals surface area contributed by atoms with Crippen LogP contribution in [0.5, 0.6) is 11.5 Å². The van der Waals surface area contributed by atoms with Crippen molar-refractivity contribution in [3.05, 3.63) is 58.9 Å². The van der Waals surface area contributed by atoms with Crippen molar-refractivity contribution in [3.8, 4) is 11.5 Å². The number of hydrogen-bond donors (Lipinski definition) is 1. The third-order valence-corrected chi connectivity index (χ3v) is 2.79. The lowest BCUT2D eigenvalue weighted by Crippen LogP contribution is -1.92. The van der Waals surface area contributed by atoms with E-state index in [9.17, 15) is 4.39 Å². The smallest absolute Gasteiger partial charge is 0.133 e. The molecular weight excluding hydrogens is 231 g/mol. The number of aryl methyl sites for hydroxylation is 2. The van der Waals surface area contributed by atoms with E-state index in [0.717, 1.165) is 16.7 Å². The van der Waals surface area contributed by atoms with Gasteiger partial charge in [0.1, 0.15) is 17.3 Å². The molecule has 0 aliphatic rings. The second-order valence-corrected chi connectivity index (χ2v) is 4.27. The van der Waals surface area contributed by atoms with Crippen LogP contribution in [-0.2, 0) is 6.61 Å². The number of halogens is 1. The van der Waals surface area contributed by atoms with E-state index in [-0.39, 0.29) is 12.4 Å². The first kappa shape index (κ1) is 12.6. The molecule has 94 valence electrons. The van der Waals surface area contributed by atoms with E-state index in [1.165, 1.54) is 12.1 Å². The molecule has 1 N–H and O–H groups in total. The van der Waals surface area contributed by atoms with Crippen molar-refractivity contribution in [1.29, 1.82) is 0 Å². The lowest BCUT2D eigenvalue weighted by atomic mass is 10.1. The first-order valence-electron chi connectivity index (χ1n) is 5.74. The molecule has 0 spiro atoms. The van der Waals surface area contributed by atoms with Gasteiger partial charge in [0, 0.05) is 6.07 Å². The van der Waals surface area contributed by atoms with Gasteiger partial charge in [0.05, 0.1) is 6.61 Å². The number of ether oxygens (including phenoxy) is 1. The van der Waals surface area contributed by atoms with Crippen molar-refractivity contribution in [2.75, 3.05) is 0 Å².